The molecule has 0 unspecified atom stereocenters. The summed E-state index contributed by atoms with van der Waals surface area (Å²) in [5, 5.41) is 11.8. The highest BCUT2D eigenvalue weighted by Crippen LogP contribution is 2.31. The average Bonchev–Trinajstić information content (AvgIpc) is 2.99. The van der Waals surface area contributed by atoms with Gasteiger partial charge in [0.25, 0.3) is 5.56 Å². The van der Waals surface area contributed by atoms with Gasteiger partial charge in [-0.25, -0.2) is 0 Å². The molecule has 2 N–H and O–H groups in total. The summed E-state index contributed by atoms with van der Waals surface area (Å²) in [7, 11) is 1.59. The van der Waals surface area contributed by atoms with E-state index < -0.39 is 0 Å². The molecule has 0 amide bonds. The Hall–Kier alpha value is -3.41. The fraction of sp³-hybridized carbons (Fsp3) is 0.0556. The molecule has 0 atom stereocenters. The first-order valence-corrected chi connectivity index (χ1v) is 7.53. The third-order valence-electron chi connectivity index (χ3n) is 4.38. The standard InChI is InChI=1S/C18H12N4O2/c1-24-9-6-7-11-13(8-9)20-18(23)15-14-10-4-2-3-5-12(10)19-17(14)22-21-16(11)15/h2-8H,1H3,(H,19,22)(H,20,23). The van der Waals surface area contributed by atoms with Crippen LogP contribution in [0.1, 0.15) is 0 Å². The van der Waals surface area contributed by atoms with Gasteiger partial charge in [-0.05, 0) is 18.2 Å². The van der Waals surface area contributed by atoms with Crippen LogP contribution in [0.25, 0.3) is 43.7 Å². The predicted molar refractivity (Wildman–Crippen MR) is 93.6 cm³/mol. The molecule has 5 aromatic rings. The fourth-order valence-electron chi connectivity index (χ4n) is 3.28. The second kappa shape index (κ2) is 4.55. The molecule has 0 aliphatic carbocycles. The third kappa shape index (κ3) is 1.62. The Morgan fingerprint density at radius 3 is 2.67 bits per heavy atom. The molecule has 0 saturated heterocycles. The second-order valence-electron chi connectivity index (χ2n) is 5.68. The van der Waals surface area contributed by atoms with E-state index in [1.165, 1.54) is 0 Å². The van der Waals surface area contributed by atoms with E-state index in [1.54, 1.807) is 13.2 Å². The van der Waals surface area contributed by atoms with Crippen LogP contribution in [-0.4, -0.2) is 27.3 Å². The van der Waals surface area contributed by atoms with Crippen molar-refractivity contribution < 1.29 is 4.74 Å². The molecule has 6 nitrogen and oxygen atoms in total. The molecule has 3 aromatic heterocycles. The second-order valence-corrected chi connectivity index (χ2v) is 5.68. The molecule has 116 valence electrons. The molecule has 0 saturated carbocycles. The molecule has 0 aliphatic rings. The summed E-state index contributed by atoms with van der Waals surface area (Å²) in [4.78, 5) is 18.9. The summed E-state index contributed by atoms with van der Waals surface area (Å²) in [6.45, 7) is 0. The van der Waals surface area contributed by atoms with Gasteiger partial charge in [0.05, 0.1) is 18.0 Å². The summed E-state index contributed by atoms with van der Waals surface area (Å²) in [6.07, 6.45) is 0. The number of benzene rings is 2. The summed E-state index contributed by atoms with van der Waals surface area (Å²) in [5.74, 6) is 0.679. The van der Waals surface area contributed by atoms with E-state index in [0.717, 1.165) is 21.7 Å². The van der Waals surface area contributed by atoms with Gasteiger partial charge in [-0.15, -0.1) is 10.2 Å². The van der Waals surface area contributed by atoms with Crippen LogP contribution in [0.4, 0.5) is 0 Å². The number of hydrogen-bond donors (Lipinski definition) is 2. The highest BCUT2D eigenvalue weighted by Gasteiger charge is 2.15. The van der Waals surface area contributed by atoms with Crippen LogP contribution in [-0.2, 0) is 0 Å². The van der Waals surface area contributed by atoms with Crippen LogP contribution in [0, 0.1) is 0 Å². The summed E-state index contributed by atoms with van der Waals surface area (Å²) in [5.41, 5.74) is 2.63. The number of aromatic nitrogens is 4. The van der Waals surface area contributed by atoms with Crippen LogP contribution in [0.15, 0.2) is 47.3 Å². The lowest BCUT2D eigenvalue weighted by molar-refractivity contribution is 0.415. The van der Waals surface area contributed by atoms with Gasteiger partial charge >= 0.3 is 0 Å². The molecule has 3 heterocycles. The zero-order valence-corrected chi connectivity index (χ0v) is 12.8. The molecule has 5 rings (SSSR count). The Balaban J connectivity index is 2.06. The lowest BCUT2D eigenvalue weighted by Gasteiger charge is -2.05. The molecule has 0 bridgehead atoms. The van der Waals surface area contributed by atoms with E-state index in [4.69, 9.17) is 4.74 Å². The van der Waals surface area contributed by atoms with Crippen molar-refractivity contribution >= 4 is 43.7 Å². The van der Waals surface area contributed by atoms with E-state index in [0.29, 0.717) is 27.8 Å². The van der Waals surface area contributed by atoms with Crippen LogP contribution in [0.5, 0.6) is 5.75 Å². The Morgan fingerprint density at radius 2 is 1.79 bits per heavy atom. The van der Waals surface area contributed by atoms with Crippen molar-refractivity contribution in [1.82, 2.24) is 20.2 Å². The van der Waals surface area contributed by atoms with Crippen molar-refractivity contribution in [2.75, 3.05) is 7.11 Å². The van der Waals surface area contributed by atoms with Gasteiger partial charge in [-0.2, -0.15) is 0 Å². The Kier molecular flexibility index (Phi) is 2.48. The third-order valence-corrected chi connectivity index (χ3v) is 4.38. The molecule has 0 aliphatic heterocycles. The van der Waals surface area contributed by atoms with Gasteiger partial charge in [0.1, 0.15) is 11.3 Å². The van der Waals surface area contributed by atoms with Crippen molar-refractivity contribution in [1.29, 1.82) is 0 Å². The summed E-state index contributed by atoms with van der Waals surface area (Å²) < 4.78 is 5.23. The van der Waals surface area contributed by atoms with Crippen molar-refractivity contribution in [2.24, 2.45) is 0 Å². The maximum absolute atomic E-state index is 12.8. The maximum atomic E-state index is 12.8. The monoisotopic (exact) mass is 316 g/mol. The number of nitrogens with one attached hydrogen (secondary N) is 2. The molecule has 0 radical (unpaired) electrons. The molecule has 2 aromatic carbocycles. The Morgan fingerprint density at radius 1 is 0.917 bits per heavy atom. The van der Waals surface area contributed by atoms with Gasteiger partial charge in [-0.3, -0.25) is 4.79 Å². The quantitative estimate of drug-likeness (QED) is 0.465. The molecular weight excluding hydrogens is 304 g/mol. The maximum Gasteiger partial charge on any atom is 0.258 e. The first kappa shape index (κ1) is 13.1. The van der Waals surface area contributed by atoms with Gasteiger partial charge < -0.3 is 14.7 Å². The summed E-state index contributed by atoms with van der Waals surface area (Å²) >= 11 is 0. The molecule has 0 spiro atoms. The first-order valence-electron chi connectivity index (χ1n) is 7.53. The van der Waals surface area contributed by atoms with Gasteiger partial charge in [0.15, 0.2) is 5.65 Å². The number of para-hydroxylation sites is 1. The highest BCUT2D eigenvalue weighted by atomic mass is 16.5. The lowest BCUT2D eigenvalue weighted by atomic mass is 10.1. The lowest BCUT2D eigenvalue weighted by Crippen LogP contribution is -2.08. The Labute approximate surface area is 135 Å². The van der Waals surface area contributed by atoms with E-state index in [-0.39, 0.29) is 5.56 Å². The van der Waals surface area contributed by atoms with Crippen molar-refractivity contribution in [3.63, 3.8) is 0 Å². The Bertz CT molecular complexity index is 1320. The number of rotatable bonds is 1. The van der Waals surface area contributed by atoms with Crippen molar-refractivity contribution in [2.45, 2.75) is 0 Å². The largest absolute Gasteiger partial charge is 0.497 e. The highest BCUT2D eigenvalue weighted by molar-refractivity contribution is 6.21. The van der Waals surface area contributed by atoms with Crippen molar-refractivity contribution in [3.8, 4) is 5.75 Å². The van der Waals surface area contributed by atoms with Crippen LogP contribution < -0.4 is 10.3 Å². The number of methoxy groups -OCH3 is 1. The summed E-state index contributed by atoms with van der Waals surface area (Å²) in [6, 6.07) is 13.4. The number of H-pyrrole nitrogens is 2. The number of aromatic amines is 2. The van der Waals surface area contributed by atoms with E-state index in [2.05, 4.69) is 20.2 Å². The minimum Gasteiger partial charge on any atom is -0.497 e. The predicted octanol–water partition coefficient (Wildman–Crippen LogP) is 3.11. The van der Waals surface area contributed by atoms with E-state index in [9.17, 15) is 4.79 Å². The van der Waals surface area contributed by atoms with Crippen LogP contribution in [0.2, 0.25) is 0 Å². The van der Waals surface area contributed by atoms with E-state index >= 15 is 0 Å². The minimum atomic E-state index is -0.185. The first-order chi connectivity index (χ1) is 11.8. The normalized spacial score (nSPS) is 11.7. The van der Waals surface area contributed by atoms with Gasteiger partial charge in [-0.1, -0.05) is 18.2 Å². The molecular formula is C18H12N4O2. The number of ether oxygens (including phenoxy) is 1. The number of fused-ring (bicyclic) bond motifs is 7. The number of nitrogens with zero attached hydrogens (tertiary/aromatic N) is 2. The van der Waals surface area contributed by atoms with Crippen molar-refractivity contribution in [3.05, 3.63) is 52.8 Å². The SMILES string of the molecule is COc1ccc2c(c1)[nH]c(=O)c1c2nnc2[nH]c3ccccc3c21. The van der Waals surface area contributed by atoms with Gasteiger partial charge in [0.2, 0.25) is 0 Å². The number of pyridine rings is 1. The smallest absolute Gasteiger partial charge is 0.258 e. The zero-order valence-electron chi connectivity index (χ0n) is 12.8. The average molecular weight is 316 g/mol. The van der Waals surface area contributed by atoms with Crippen LogP contribution in [0.3, 0.4) is 0 Å². The topological polar surface area (TPSA) is 83.7 Å². The molecule has 0 fully saturated rings. The molecule has 24 heavy (non-hydrogen) atoms. The van der Waals surface area contributed by atoms with Gasteiger partial charge in [0, 0.05) is 27.7 Å². The number of hydrogen-bond acceptors (Lipinski definition) is 4. The fourth-order valence-corrected chi connectivity index (χ4v) is 3.28. The van der Waals surface area contributed by atoms with Crippen LogP contribution >= 0.6 is 0 Å². The molecule has 6 heteroatoms. The zero-order chi connectivity index (χ0) is 16.3. The van der Waals surface area contributed by atoms with E-state index in [1.807, 2.05) is 36.4 Å². The minimum absolute atomic E-state index is 0.185.